The molecular weight excluding hydrogens is 398 g/mol. The van der Waals surface area contributed by atoms with E-state index in [1.807, 2.05) is 6.92 Å². The van der Waals surface area contributed by atoms with Crippen LogP contribution in [0, 0.1) is 6.92 Å². The second-order valence-corrected chi connectivity index (χ2v) is 7.07. The maximum Gasteiger partial charge on any atom is 0.319 e. The number of rotatable bonds is 7. The quantitative estimate of drug-likeness (QED) is 0.544. The van der Waals surface area contributed by atoms with Gasteiger partial charge in [0.2, 0.25) is 5.88 Å². The number of fused-ring (bicyclic) bond motifs is 1. The Morgan fingerprint density at radius 3 is 2.97 bits per heavy atom. The van der Waals surface area contributed by atoms with Crippen molar-refractivity contribution < 1.29 is 19.4 Å². The number of hydrogen-bond donors (Lipinski definition) is 3. The number of aromatic nitrogens is 3. The van der Waals surface area contributed by atoms with Crippen LogP contribution >= 0.6 is 11.6 Å². The van der Waals surface area contributed by atoms with Crippen molar-refractivity contribution in [1.82, 2.24) is 19.9 Å². The molecule has 1 aliphatic rings. The summed E-state index contributed by atoms with van der Waals surface area (Å²) in [6.45, 7) is 1.95. The average Bonchev–Trinajstić information content (AvgIpc) is 3.44. The lowest BCUT2D eigenvalue weighted by Gasteiger charge is -2.11. The molecule has 29 heavy (non-hydrogen) atoms. The number of urea groups is 1. The van der Waals surface area contributed by atoms with E-state index in [4.69, 9.17) is 26.2 Å². The molecule has 9 nitrogen and oxygen atoms in total. The van der Waals surface area contributed by atoms with Crippen molar-refractivity contribution in [3.8, 4) is 17.4 Å². The number of aliphatic hydroxyl groups is 1. The average molecular weight is 418 g/mol. The van der Waals surface area contributed by atoms with Crippen molar-refractivity contribution in [3.63, 3.8) is 0 Å². The monoisotopic (exact) mass is 417 g/mol. The third-order valence-electron chi connectivity index (χ3n) is 4.41. The molecule has 0 aliphatic heterocycles. The molecule has 0 spiro atoms. The minimum atomic E-state index is -0.278. The Kier molecular flexibility index (Phi) is 5.41. The van der Waals surface area contributed by atoms with Gasteiger partial charge in [0.15, 0.2) is 0 Å². The maximum absolute atomic E-state index is 11.9. The molecular formula is C19H20ClN5O4. The lowest BCUT2D eigenvalue weighted by atomic mass is 10.3. The van der Waals surface area contributed by atoms with Crippen LogP contribution in [0.25, 0.3) is 5.52 Å². The van der Waals surface area contributed by atoms with Crippen LogP contribution in [-0.2, 0) is 0 Å². The molecule has 4 rings (SSSR count). The Morgan fingerprint density at radius 1 is 1.41 bits per heavy atom. The molecule has 2 amide bonds. The van der Waals surface area contributed by atoms with Crippen molar-refractivity contribution in [1.29, 1.82) is 0 Å². The minimum absolute atomic E-state index is 0.0851. The SMILES string of the molecule is Cc1c(OCCO)cn2ncnc(Oc3ccc(NC(=O)NC4CC4)c(Cl)c3)c12. The highest BCUT2D eigenvalue weighted by Gasteiger charge is 2.23. The fraction of sp³-hybridized carbons (Fsp3) is 0.316. The van der Waals surface area contributed by atoms with E-state index in [0.717, 1.165) is 18.4 Å². The van der Waals surface area contributed by atoms with Crippen molar-refractivity contribution >= 4 is 28.8 Å². The van der Waals surface area contributed by atoms with Crippen LogP contribution in [0.4, 0.5) is 10.5 Å². The first-order chi connectivity index (χ1) is 14.0. The summed E-state index contributed by atoms with van der Waals surface area (Å²) in [5, 5.41) is 19.0. The van der Waals surface area contributed by atoms with Crippen LogP contribution in [0.2, 0.25) is 5.02 Å². The summed E-state index contributed by atoms with van der Waals surface area (Å²) in [5.41, 5.74) is 1.92. The number of aliphatic hydroxyl groups excluding tert-OH is 1. The van der Waals surface area contributed by atoms with Gasteiger partial charge in [0.25, 0.3) is 0 Å². The maximum atomic E-state index is 11.9. The molecule has 1 aliphatic carbocycles. The smallest absolute Gasteiger partial charge is 0.319 e. The van der Waals surface area contributed by atoms with E-state index in [2.05, 4.69) is 20.7 Å². The molecule has 1 fully saturated rings. The van der Waals surface area contributed by atoms with Crippen molar-refractivity contribution in [2.75, 3.05) is 18.5 Å². The van der Waals surface area contributed by atoms with E-state index >= 15 is 0 Å². The summed E-state index contributed by atoms with van der Waals surface area (Å²) < 4.78 is 13.0. The van der Waals surface area contributed by atoms with Gasteiger partial charge in [0.1, 0.15) is 29.9 Å². The third-order valence-corrected chi connectivity index (χ3v) is 4.72. The molecule has 0 unspecified atom stereocenters. The summed E-state index contributed by atoms with van der Waals surface area (Å²) in [4.78, 5) is 16.1. The molecule has 0 bridgehead atoms. The van der Waals surface area contributed by atoms with Gasteiger partial charge in [-0.15, -0.1) is 0 Å². The Morgan fingerprint density at radius 2 is 2.24 bits per heavy atom. The zero-order valence-electron chi connectivity index (χ0n) is 15.7. The second kappa shape index (κ2) is 8.14. The van der Waals surface area contributed by atoms with Crippen molar-refractivity contribution in [3.05, 3.63) is 41.3 Å². The van der Waals surface area contributed by atoms with Gasteiger partial charge < -0.3 is 25.2 Å². The molecule has 2 heterocycles. The van der Waals surface area contributed by atoms with E-state index in [-0.39, 0.29) is 25.3 Å². The number of halogens is 1. The zero-order chi connectivity index (χ0) is 20.4. The number of carbonyl (C=O) groups excluding carboxylic acids is 1. The number of anilines is 1. The highest BCUT2D eigenvalue weighted by molar-refractivity contribution is 6.33. The van der Waals surface area contributed by atoms with E-state index in [9.17, 15) is 4.79 Å². The number of benzene rings is 1. The van der Waals surface area contributed by atoms with Crippen LogP contribution in [0.5, 0.6) is 17.4 Å². The molecule has 0 radical (unpaired) electrons. The fourth-order valence-corrected chi connectivity index (χ4v) is 3.04. The van der Waals surface area contributed by atoms with Gasteiger partial charge in [-0.25, -0.2) is 9.31 Å². The summed E-state index contributed by atoms with van der Waals surface area (Å²) in [7, 11) is 0. The number of nitrogens with zero attached hydrogens (tertiary/aromatic N) is 3. The minimum Gasteiger partial charge on any atom is -0.489 e. The van der Waals surface area contributed by atoms with Gasteiger partial charge in [-0.1, -0.05) is 11.6 Å². The molecule has 0 saturated heterocycles. The molecule has 0 atom stereocenters. The Bertz CT molecular complexity index is 1050. The fourth-order valence-electron chi connectivity index (χ4n) is 2.83. The first-order valence-electron chi connectivity index (χ1n) is 9.16. The molecule has 3 N–H and O–H groups in total. The lowest BCUT2D eigenvalue weighted by Crippen LogP contribution is -2.30. The van der Waals surface area contributed by atoms with E-state index in [1.165, 1.54) is 6.33 Å². The zero-order valence-corrected chi connectivity index (χ0v) is 16.4. The number of carbonyl (C=O) groups is 1. The van der Waals surface area contributed by atoms with Crippen molar-refractivity contribution in [2.45, 2.75) is 25.8 Å². The molecule has 3 aromatic rings. The Labute approximate surface area is 171 Å². The number of hydrogen-bond acceptors (Lipinski definition) is 6. The van der Waals surface area contributed by atoms with Gasteiger partial charge in [-0.2, -0.15) is 10.1 Å². The highest BCUT2D eigenvalue weighted by Crippen LogP contribution is 2.34. The number of aryl methyl sites for hydroxylation is 1. The number of nitrogens with one attached hydrogen (secondary N) is 2. The second-order valence-electron chi connectivity index (χ2n) is 6.67. The third kappa shape index (κ3) is 4.36. The van der Waals surface area contributed by atoms with Crippen LogP contribution in [0.3, 0.4) is 0 Å². The van der Waals surface area contributed by atoms with Crippen LogP contribution in [-0.4, -0.2) is 45.0 Å². The predicted octanol–water partition coefficient (Wildman–Crippen LogP) is 3.14. The topological polar surface area (TPSA) is 110 Å². The summed E-state index contributed by atoms with van der Waals surface area (Å²) >= 11 is 6.30. The van der Waals surface area contributed by atoms with Crippen molar-refractivity contribution in [2.24, 2.45) is 0 Å². The highest BCUT2D eigenvalue weighted by atomic mass is 35.5. The van der Waals surface area contributed by atoms with Gasteiger partial charge >= 0.3 is 6.03 Å². The van der Waals surface area contributed by atoms with Crippen LogP contribution < -0.4 is 20.1 Å². The van der Waals surface area contributed by atoms with Crippen LogP contribution in [0.1, 0.15) is 18.4 Å². The molecule has 2 aromatic heterocycles. The summed E-state index contributed by atoms with van der Waals surface area (Å²) in [6, 6.07) is 4.95. The summed E-state index contributed by atoms with van der Waals surface area (Å²) in [6.07, 6.45) is 5.09. The molecule has 10 heteroatoms. The van der Waals surface area contributed by atoms with Gasteiger partial charge in [-0.3, -0.25) is 0 Å². The van der Waals surface area contributed by atoms with Gasteiger partial charge in [0.05, 0.1) is 23.5 Å². The standard InChI is InChI=1S/C19H20ClN5O4/c1-11-16(28-7-6-26)9-25-17(11)18(21-10-22-25)29-13-4-5-15(14(20)8-13)24-19(27)23-12-2-3-12/h4-5,8-10,12,26H,2-3,6-7H2,1H3,(H2,23,24,27). The Hall–Kier alpha value is -3.04. The van der Waals surface area contributed by atoms with E-state index in [0.29, 0.717) is 33.6 Å². The number of ether oxygens (including phenoxy) is 2. The van der Waals surface area contributed by atoms with E-state index < -0.39 is 0 Å². The van der Waals surface area contributed by atoms with Gasteiger partial charge in [-0.05, 0) is 31.9 Å². The first kappa shape index (κ1) is 19.3. The first-order valence-corrected chi connectivity index (χ1v) is 9.54. The largest absolute Gasteiger partial charge is 0.489 e. The Balaban J connectivity index is 1.54. The lowest BCUT2D eigenvalue weighted by molar-refractivity contribution is 0.201. The molecule has 152 valence electrons. The molecule has 1 aromatic carbocycles. The number of amides is 2. The van der Waals surface area contributed by atoms with Gasteiger partial charge in [0, 0.05) is 17.7 Å². The predicted molar refractivity (Wildman–Crippen MR) is 107 cm³/mol. The summed E-state index contributed by atoms with van der Waals surface area (Å²) in [5.74, 6) is 1.38. The normalized spacial score (nSPS) is 13.3. The van der Waals surface area contributed by atoms with E-state index in [1.54, 1.807) is 28.9 Å². The molecule has 1 saturated carbocycles. The van der Waals surface area contributed by atoms with Crippen LogP contribution in [0.15, 0.2) is 30.7 Å².